The van der Waals surface area contributed by atoms with Crippen molar-refractivity contribution in [1.29, 1.82) is 0 Å². The van der Waals surface area contributed by atoms with E-state index in [-0.39, 0.29) is 11.4 Å². The van der Waals surface area contributed by atoms with E-state index in [2.05, 4.69) is 10.2 Å². The fourth-order valence-electron chi connectivity index (χ4n) is 1.94. The lowest BCUT2D eigenvalue weighted by molar-refractivity contribution is -0.117. The molecule has 1 rings (SSSR count). The molecule has 0 aromatic carbocycles. The molecule has 0 aliphatic carbocycles. The van der Waals surface area contributed by atoms with Crippen LogP contribution in [0.25, 0.3) is 0 Å². The van der Waals surface area contributed by atoms with Crippen LogP contribution < -0.4 is 5.32 Å². The molecule has 1 heterocycles. The molecular formula is C14H26N2O2. The average Bonchev–Trinajstić information content (AvgIpc) is 2.18. The molecule has 1 amide bonds. The molecule has 18 heavy (non-hydrogen) atoms. The Morgan fingerprint density at radius 1 is 1.39 bits per heavy atom. The number of nitrogens with zero attached hydrogens (tertiary/aromatic N) is 1. The monoisotopic (exact) mass is 254 g/mol. The maximum absolute atomic E-state index is 11.5. The second kappa shape index (κ2) is 5.85. The minimum absolute atomic E-state index is 0.0495. The third-order valence-electron chi connectivity index (χ3n) is 3.06. The number of likely N-dealkylation sites (tertiary alicyclic amines) is 1. The summed E-state index contributed by atoms with van der Waals surface area (Å²) in [6.45, 7) is 10.3. The van der Waals surface area contributed by atoms with Crippen LogP contribution in [0.5, 0.6) is 0 Å². The molecule has 0 atom stereocenters. The number of hydrogen-bond donors (Lipinski definition) is 2. The third kappa shape index (κ3) is 6.17. The molecular weight excluding hydrogens is 228 g/mol. The van der Waals surface area contributed by atoms with Gasteiger partial charge < -0.3 is 10.4 Å². The van der Waals surface area contributed by atoms with Crippen molar-refractivity contribution < 1.29 is 9.90 Å². The van der Waals surface area contributed by atoms with Gasteiger partial charge in [0.25, 0.3) is 0 Å². The first kappa shape index (κ1) is 15.2. The maximum Gasteiger partial charge on any atom is 0.244 e. The van der Waals surface area contributed by atoms with Crippen molar-refractivity contribution in [3.8, 4) is 0 Å². The summed E-state index contributed by atoms with van der Waals surface area (Å²) in [5.41, 5.74) is -0.699. The summed E-state index contributed by atoms with van der Waals surface area (Å²) in [5, 5.41) is 12.7. The highest BCUT2D eigenvalue weighted by molar-refractivity contribution is 5.87. The van der Waals surface area contributed by atoms with Gasteiger partial charge in [-0.2, -0.15) is 0 Å². The standard InChI is InChI=1S/C14H26N2O2/c1-13(2,3)15-12(17)6-5-9-16-10-7-14(4,18)8-11-16/h5-6,18H,7-11H2,1-4H3,(H,15,17)/b6-5+. The molecule has 0 unspecified atom stereocenters. The number of aliphatic hydroxyl groups is 1. The third-order valence-corrected chi connectivity index (χ3v) is 3.06. The van der Waals surface area contributed by atoms with Gasteiger partial charge in [-0.1, -0.05) is 6.08 Å². The largest absolute Gasteiger partial charge is 0.390 e. The molecule has 4 nitrogen and oxygen atoms in total. The van der Waals surface area contributed by atoms with Gasteiger partial charge in [-0.25, -0.2) is 0 Å². The molecule has 104 valence electrons. The van der Waals surface area contributed by atoms with E-state index in [1.807, 2.05) is 33.8 Å². The number of carbonyl (C=O) groups excluding carboxylic acids is 1. The van der Waals surface area contributed by atoms with Gasteiger partial charge in [-0.15, -0.1) is 0 Å². The van der Waals surface area contributed by atoms with E-state index in [9.17, 15) is 9.90 Å². The smallest absolute Gasteiger partial charge is 0.244 e. The summed E-state index contributed by atoms with van der Waals surface area (Å²) in [4.78, 5) is 13.8. The molecule has 0 spiro atoms. The summed E-state index contributed by atoms with van der Waals surface area (Å²) in [5.74, 6) is -0.0495. The Bertz CT molecular complexity index is 306. The van der Waals surface area contributed by atoms with E-state index in [0.29, 0.717) is 0 Å². The first-order valence-corrected chi connectivity index (χ1v) is 6.61. The Balaban J connectivity index is 2.27. The normalized spacial score (nSPS) is 21.2. The Morgan fingerprint density at radius 2 is 1.94 bits per heavy atom. The minimum Gasteiger partial charge on any atom is -0.390 e. The van der Waals surface area contributed by atoms with Gasteiger partial charge >= 0.3 is 0 Å². The molecule has 0 saturated carbocycles. The molecule has 0 radical (unpaired) electrons. The van der Waals surface area contributed by atoms with Crippen LogP contribution >= 0.6 is 0 Å². The minimum atomic E-state index is -0.510. The SMILES string of the molecule is CC1(O)CCN(C/C=C/C(=O)NC(C)(C)C)CC1. The molecule has 4 heteroatoms. The summed E-state index contributed by atoms with van der Waals surface area (Å²) in [7, 11) is 0. The van der Waals surface area contributed by atoms with Crippen LogP contribution in [0.3, 0.4) is 0 Å². The first-order chi connectivity index (χ1) is 8.18. The number of rotatable bonds is 3. The summed E-state index contributed by atoms with van der Waals surface area (Å²) in [6.07, 6.45) is 5.09. The van der Waals surface area contributed by atoms with Gasteiger partial charge in [0.1, 0.15) is 0 Å². The number of amides is 1. The second-order valence-electron chi connectivity index (χ2n) is 6.44. The zero-order valence-corrected chi connectivity index (χ0v) is 12.0. The van der Waals surface area contributed by atoms with Crippen molar-refractivity contribution in [3.63, 3.8) is 0 Å². The summed E-state index contributed by atoms with van der Waals surface area (Å²) >= 11 is 0. The van der Waals surface area contributed by atoms with E-state index >= 15 is 0 Å². The fraction of sp³-hybridized carbons (Fsp3) is 0.786. The predicted molar refractivity (Wildman–Crippen MR) is 73.3 cm³/mol. The second-order valence-corrected chi connectivity index (χ2v) is 6.44. The predicted octanol–water partition coefficient (Wildman–Crippen LogP) is 1.30. The molecule has 1 saturated heterocycles. The Labute approximate surface area is 110 Å². The Morgan fingerprint density at radius 3 is 2.44 bits per heavy atom. The lowest BCUT2D eigenvalue weighted by Crippen LogP contribution is -2.42. The first-order valence-electron chi connectivity index (χ1n) is 6.61. The zero-order chi connectivity index (χ0) is 13.8. The summed E-state index contributed by atoms with van der Waals surface area (Å²) < 4.78 is 0. The van der Waals surface area contributed by atoms with Crippen molar-refractivity contribution in [2.75, 3.05) is 19.6 Å². The van der Waals surface area contributed by atoms with Gasteiger partial charge in [0.2, 0.25) is 5.91 Å². The Kier molecular flexibility index (Phi) is 4.93. The van der Waals surface area contributed by atoms with Crippen molar-refractivity contribution in [1.82, 2.24) is 10.2 Å². The van der Waals surface area contributed by atoms with Crippen LogP contribution in [0, 0.1) is 0 Å². The molecule has 0 bridgehead atoms. The number of hydrogen-bond acceptors (Lipinski definition) is 3. The van der Waals surface area contributed by atoms with Gasteiger partial charge in [-0.3, -0.25) is 9.69 Å². The van der Waals surface area contributed by atoms with Crippen molar-refractivity contribution >= 4 is 5.91 Å². The van der Waals surface area contributed by atoms with Gasteiger partial charge in [0, 0.05) is 31.2 Å². The lowest BCUT2D eigenvalue weighted by Gasteiger charge is -2.35. The van der Waals surface area contributed by atoms with E-state index in [1.165, 1.54) is 0 Å². The molecule has 1 aliphatic rings. The van der Waals surface area contributed by atoms with Crippen LogP contribution in [-0.4, -0.2) is 46.7 Å². The molecule has 1 aliphatic heterocycles. The van der Waals surface area contributed by atoms with Crippen LogP contribution in [0.4, 0.5) is 0 Å². The van der Waals surface area contributed by atoms with Crippen LogP contribution in [0.2, 0.25) is 0 Å². The van der Waals surface area contributed by atoms with E-state index in [1.54, 1.807) is 6.08 Å². The highest BCUT2D eigenvalue weighted by atomic mass is 16.3. The summed E-state index contributed by atoms with van der Waals surface area (Å²) in [6, 6.07) is 0. The maximum atomic E-state index is 11.5. The van der Waals surface area contributed by atoms with Gasteiger partial charge in [-0.05, 0) is 40.5 Å². The fourth-order valence-corrected chi connectivity index (χ4v) is 1.94. The van der Waals surface area contributed by atoms with E-state index < -0.39 is 5.60 Å². The number of nitrogens with one attached hydrogen (secondary N) is 1. The molecule has 2 N–H and O–H groups in total. The van der Waals surface area contributed by atoms with Crippen LogP contribution in [0.1, 0.15) is 40.5 Å². The van der Waals surface area contributed by atoms with Crippen molar-refractivity contribution in [3.05, 3.63) is 12.2 Å². The number of carbonyl (C=O) groups is 1. The van der Waals surface area contributed by atoms with Crippen molar-refractivity contribution in [2.24, 2.45) is 0 Å². The average molecular weight is 254 g/mol. The lowest BCUT2D eigenvalue weighted by atomic mass is 9.94. The van der Waals surface area contributed by atoms with Crippen molar-refractivity contribution in [2.45, 2.75) is 51.7 Å². The Hall–Kier alpha value is -0.870. The molecule has 0 aromatic rings. The van der Waals surface area contributed by atoms with E-state index in [4.69, 9.17) is 0 Å². The van der Waals surface area contributed by atoms with Gasteiger partial charge in [0.05, 0.1) is 5.60 Å². The zero-order valence-electron chi connectivity index (χ0n) is 12.0. The quantitative estimate of drug-likeness (QED) is 0.747. The van der Waals surface area contributed by atoms with E-state index in [0.717, 1.165) is 32.5 Å². The number of piperidine rings is 1. The van der Waals surface area contributed by atoms with Crippen LogP contribution in [0.15, 0.2) is 12.2 Å². The highest BCUT2D eigenvalue weighted by Crippen LogP contribution is 2.20. The van der Waals surface area contributed by atoms with Crippen LogP contribution in [-0.2, 0) is 4.79 Å². The molecule has 0 aromatic heterocycles. The molecule has 1 fully saturated rings. The topological polar surface area (TPSA) is 52.6 Å². The van der Waals surface area contributed by atoms with Gasteiger partial charge in [0.15, 0.2) is 0 Å². The highest BCUT2D eigenvalue weighted by Gasteiger charge is 2.26.